The van der Waals surface area contributed by atoms with Crippen LogP contribution in [0.5, 0.6) is 0 Å². The second-order valence-corrected chi connectivity index (χ2v) is 6.88. The van der Waals surface area contributed by atoms with Crippen molar-refractivity contribution in [3.63, 3.8) is 0 Å². The number of fused-ring (bicyclic) bond motifs is 2. The zero-order valence-corrected chi connectivity index (χ0v) is 14.9. The molecule has 6 nitrogen and oxygen atoms in total. The first-order valence-corrected chi connectivity index (χ1v) is 9.02. The van der Waals surface area contributed by atoms with Crippen LogP contribution < -0.4 is 5.32 Å². The normalized spacial score (nSPS) is 24.5. The van der Waals surface area contributed by atoms with Gasteiger partial charge in [-0.2, -0.15) is 0 Å². The number of benzene rings is 1. The van der Waals surface area contributed by atoms with Gasteiger partial charge >= 0.3 is 0 Å². The number of piperidine rings is 1. The fourth-order valence-electron chi connectivity index (χ4n) is 3.95. The molecule has 0 saturated carbocycles. The summed E-state index contributed by atoms with van der Waals surface area (Å²) in [5.74, 6) is -0.548. The van der Waals surface area contributed by atoms with Crippen LogP contribution >= 0.6 is 0 Å². The lowest BCUT2D eigenvalue weighted by Gasteiger charge is -2.39. The number of amides is 2. The molecule has 2 atom stereocenters. The average Bonchev–Trinajstić information content (AvgIpc) is 2.90. The molecule has 0 aliphatic carbocycles. The lowest BCUT2D eigenvalue weighted by Crippen LogP contribution is -2.53. The van der Waals surface area contributed by atoms with Crippen LogP contribution in [0.4, 0.5) is 4.39 Å². The number of methoxy groups -OCH3 is 1. The monoisotopic (exact) mass is 364 g/mol. The summed E-state index contributed by atoms with van der Waals surface area (Å²) in [6, 6.07) is 5.84. The molecule has 2 aliphatic heterocycles. The molecule has 2 heterocycles. The van der Waals surface area contributed by atoms with Gasteiger partial charge in [-0.25, -0.2) is 4.39 Å². The minimum absolute atomic E-state index is 0.0110. The van der Waals surface area contributed by atoms with Crippen molar-refractivity contribution in [1.29, 1.82) is 0 Å². The smallest absolute Gasteiger partial charge is 0.251 e. The minimum atomic E-state index is -0.362. The Labute approximate surface area is 152 Å². The summed E-state index contributed by atoms with van der Waals surface area (Å²) < 4.78 is 23.2. The van der Waals surface area contributed by atoms with Crippen LogP contribution in [-0.2, 0) is 14.3 Å². The van der Waals surface area contributed by atoms with Gasteiger partial charge in [-0.15, -0.1) is 0 Å². The summed E-state index contributed by atoms with van der Waals surface area (Å²) in [4.78, 5) is 26.7. The first-order valence-electron chi connectivity index (χ1n) is 9.02. The second-order valence-electron chi connectivity index (χ2n) is 6.88. The summed E-state index contributed by atoms with van der Waals surface area (Å²) in [7, 11) is 1.59. The molecule has 3 rings (SSSR count). The lowest BCUT2D eigenvalue weighted by molar-refractivity contribution is -0.141. The molecule has 2 saturated heterocycles. The van der Waals surface area contributed by atoms with Crippen molar-refractivity contribution in [2.45, 2.75) is 43.8 Å². The maximum absolute atomic E-state index is 13.0. The van der Waals surface area contributed by atoms with Crippen molar-refractivity contribution in [3.05, 3.63) is 35.6 Å². The van der Waals surface area contributed by atoms with Gasteiger partial charge in [-0.3, -0.25) is 9.59 Å². The standard InChI is InChI=1S/C19H25FN2O4/c1-25-8-9-26-12-18(23)22-16-6-7-17(22)11-15(10-16)21-19(24)13-2-4-14(20)5-3-13/h2-5,15-17H,6-12H2,1H3,(H,21,24). The van der Waals surface area contributed by atoms with Crippen LogP contribution in [0.1, 0.15) is 36.0 Å². The van der Waals surface area contributed by atoms with E-state index in [1.165, 1.54) is 24.3 Å². The van der Waals surface area contributed by atoms with Gasteiger partial charge in [0, 0.05) is 30.8 Å². The van der Waals surface area contributed by atoms with Crippen molar-refractivity contribution in [2.75, 3.05) is 26.9 Å². The molecule has 2 aliphatic rings. The van der Waals surface area contributed by atoms with Gasteiger partial charge in [0.15, 0.2) is 0 Å². The van der Waals surface area contributed by atoms with Gasteiger partial charge in [-0.1, -0.05) is 0 Å². The Morgan fingerprint density at radius 2 is 1.81 bits per heavy atom. The second kappa shape index (κ2) is 8.60. The molecule has 142 valence electrons. The highest BCUT2D eigenvalue weighted by molar-refractivity contribution is 5.94. The molecule has 0 radical (unpaired) electrons. The number of ether oxygens (including phenoxy) is 2. The van der Waals surface area contributed by atoms with E-state index in [0.29, 0.717) is 18.8 Å². The number of carbonyl (C=O) groups is 2. The fraction of sp³-hybridized carbons (Fsp3) is 0.579. The van der Waals surface area contributed by atoms with E-state index in [1.54, 1.807) is 7.11 Å². The zero-order valence-electron chi connectivity index (χ0n) is 14.9. The third-order valence-electron chi connectivity index (χ3n) is 5.12. The van der Waals surface area contributed by atoms with Crippen molar-refractivity contribution in [2.24, 2.45) is 0 Å². The highest BCUT2D eigenvalue weighted by Crippen LogP contribution is 2.35. The highest BCUT2D eigenvalue weighted by Gasteiger charge is 2.43. The summed E-state index contributed by atoms with van der Waals surface area (Å²) >= 11 is 0. The van der Waals surface area contributed by atoms with Crippen molar-refractivity contribution < 1.29 is 23.5 Å². The van der Waals surface area contributed by atoms with E-state index in [-0.39, 0.29) is 42.4 Å². The Morgan fingerprint density at radius 3 is 2.42 bits per heavy atom. The Kier molecular flexibility index (Phi) is 6.21. The summed E-state index contributed by atoms with van der Waals surface area (Å²) in [6.45, 7) is 0.947. The number of halogens is 1. The maximum atomic E-state index is 13.0. The van der Waals surface area contributed by atoms with Gasteiger partial charge in [0.05, 0.1) is 13.2 Å². The molecule has 1 aromatic rings. The van der Waals surface area contributed by atoms with E-state index < -0.39 is 0 Å². The lowest BCUT2D eigenvalue weighted by atomic mass is 9.96. The van der Waals surface area contributed by atoms with E-state index in [2.05, 4.69) is 5.32 Å². The Morgan fingerprint density at radius 1 is 1.15 bits per heavy atom. The van der Waals surface area contributed by atoms with Crippen LogP contribution in [0.15, 0.2) is 24.3 Å². The minimum Gasteiger partial charge on any atom is -0.382 e. The predicted molar refractivity (Wildman–Crippen MR) is 93.2 cm³/mol. The SMILES string of the molecule is COCCOCC(=O)N1C2CCC1CC(NC(=O)c1ccc(F)cc1)C2. The molecule has 2 unspecified atom stereocenters. The zero-order chi connectivity index (χ0) is 18.5. The summed E-state index contributed by atoms with van der Waals surface area (Å²) in [5.41, 5.74) is 0.448. The molecule has 1 aromatic carbocycles. The Bertz CT molecular complexity index is 623. The average molecular weight is 364 g/mol. The van der Waals surface area contributed by atoms with Crippen LogP contribution in [0.2, 0.25) is 0 Å². The molecule has 2 amide bonds. The van der Waals surface area contributed by atoms with E-state index in [1.807, 2.05) is 4.90 Å². The Balaban J connectivity index is 1.52. The number of nitrogens with one attached hydrogen (secondary N) is 1. The first kappa shape index (κ1) is 18.8. The first-order chi connectivity index (χ1) is 12.6. The topological polar surface area (TPSA) is 67.9 Å². The third kappa shape index (κ3) is 4.40. The van der Waals surface area contributed by atoms with E-state index in [0.717, 1.165) is 25.7 Å². The van der Waals surface area contributed by atoms with Crippen molar-refractivity contribution in [1.82, 2.24) is 10.2 Å². The molecule has 0 aromatic heterocycles. The quantitative estimate of drug-likeness (QED) is 0.749. The predicted octanol–water partition coefficient (Wildman–Crippen LogP) is 1.74. The number of hydrogen-bond acceptors (Lipinski definition) is 4. The Hall–Kier alpha value is -1.99. The number of hydrogen-bond donors (Lipinski definition) is 1. The third-order valence-corrected chi connectivity index (χ3v) is 5.12. The molecule has 2 fully saturated rings. The summed E-state index contributed by atoms with van der Waals surface area (Å²) in [5, 5.41) is 3.03. The van der Waals surface area contributed by atoms with Gasteiger partial charge in [0.1, 0.15) is 12.4 Å². The molecular weight excluding hydrogens is 339 g/mol. The van der Waals surface area contributed by atoms with Crippen LogP contribution in [0, 0.1) is 5.82 Å². The number of carbonyl (C=O) groups excluding carboxylic acids is 2. The summed E-state index contributed by atoms with van der Waals surface area (Å²) in [6.07, 6.45) is 3.40. The number of nitrogens with zero attached hydrogens (tertiary/aromatic N) is 1. The van der Waals surface area contributed by atoms with Crippen LogP contribution in [0.25, 0.3) is 0 Å². The molecule has 1 N–H and O–H groups in total. The molecule has 2 bridgehead atoms. The molecular formula is C19H25FN2O4. The van der Waals surface area contributed by atoms with Gasteiger partial charge in [0.2, 0.25) is 5.91 Å². The van der Waals surface area contributed by atoms with E-state index >= 15 is 0 Å². The fourth-order valence-corrected chi connectivity index (χ4v) is 3.95. The van der Waals surface area contributed by atoms with Gasteiger partial charge in [-0.05, 0) is 49.9 Å². The van der Waals surface area contributed by atoms with Crippen LogP contribution in [-0.4, -0.2) is 61.8 Å². The van der Waals surface area contributed by atoms with Crippen molar-refractivity contribution in [3.8, 4) is 0 Å². The molecule has 26 heavy (non-hydrogen) atoms. The van der Waals surface area contributed by atoms with E-state index in [4.69, 9.17) is 9.47 Å². The number of rotatable bonds is 7. The van der Waals surface area contributed by atoms with Gasteiger partial charge < -0.3 is 19.7 Å². The largest absolute Gasteiger partial charge is 0.382 e. The van der Waals surface area contributed by atoms with Gasteiger partial charge in [0.25, 0.3) is 5.91 Å². The maximum Gasteiger partial charge on any atom is 0.251 e. The van der Waals surface area contributed by atoms with E-state index in [9.17, 15) is 14.0 Å². The highest BCUT2D eigenvalue weighted by atomic mass is 19.1. The van der Waals surface area contributed by atoms with Crippen LogP contribution in [0.3, 0.4) is 0 Å². The molecule has 0 spiro atoms. The molecule has 7 heteroatoms. The van der Waals surface area contributed by atoms with Crippen molar-refractivity contribution >= 4 is 11.8 Å².